The molecule has 3 aromatic carbocycles. The summed E-state index contributed by atoms with van der Waals surface area (Å²) in [5, 5.41) is 2.20. The van der Waals surface area contributed by atoms with Gasteiger partial charge in [-0.05, 0) is 77.4 Å². The number of alkyl halides is 1. The van der Waals surface area contributed by atoms with Crippen LogP contribution in [0.2, 0.25) is 10.0 Å². The van der Waals surface area contributed by atoms with Crippen molar-refractivity contribution in [2.75, 3.05) is 0 Å². The molecule has 0 N–H and O–H groups in total. The maximum Gasteiger partial charge on any atom is 0.251 e. The van der Waals surface area contributed by atoms with Crippen molar-refractivity contribution in [1.29, 1.82) is 0 Å². The van der Waals surface area contributed by atoms with E-state index in [4.69, 9.17) is 34.8 Å². The molecule has 0 spiro atoms. The predicted molar refractivity (Wildman–Crippen MR) is 152 cm³/mol. The molecule has 7 heteroatoms. The van der Waals surface area contributed by atoms with Crippen molar-refractivity contribution >= 4 is 45.7 Å². The van der Waals surface area contributed by atoms with Crippen LogP contribution in [0, 0.1) is 5.92 Å². The van der Waals surface area contributed by atoms with Gasteiger partial charge in [0, 0.05) is 35.1 Å². The molecule has 1 unspecified atom stereocenters. The van der Waals surface area contributed by atoms with Gasteiger partial charge in [0.1, 0.15) is 4.87 Å². The van der Waals surface area contributed by atoms with Crippen molar-refractivity contribution in [2.24, 2.45) is 13.0 Å². The molecule has 186 valence electrons. The summed E-state index contributed by atoms with van der Waals surface area (Å²) >= 11 is 20.2. The van der Waals surface area contributed by atoms with Gasteiger partial charge in [0.15, 0.2) is 0 Å². The van der Waals surface area contributed by atoms with Gasteiger partial charge in [-0.2, -0.15) is 0 Å². The van der Waals surface area contributed by atoms with Crippen LogP contribution in [0.15, 0.2) is 90.1 Å². The third-order valence-electron chi connectivity index (χ3n) is 7.19. The molecular formula is C30H24Cl3N3O. The van der Waals surface area contributed by atoms with Crippen LogP contribution in [-0.4, -0.2) is 14.1 Å². The van der Waals surface area contributed by atoms with E-state index in [0.717, 1.165) is 58.2 Å². The van der Waals surface area contributed by atoms with Crippen molar-refractivity contribution in [3.63, 3.8) is 0 Å². The van der Waals surface area contributed by atoms with Crippen LogP contribution in [0.1, 0.15) is 29.7 Å². The van der Waals surface area contributed by atoms with E-state index in [2.05, 4.69) is 11.1 Å². The Balaban J connectivity index is 1.65. The van der Waals surface area contributed by atoms with Gasteiger partial charge in [0.25, 0.3) is 5.56 Å². The zero-order valence-electron chi connectivity index (χ0n) is 20.2. The van der Waals surface area contributed by atoms with Crippen LogP contribution in [0.3, 0.4) is 0 Å². The number of hydrogen-bond donors (Lipinski definition) is 0. The maximum absolute atomic E-state index is 13.3. The number of aromatic nitrogens is 3. The number of halogens is 3. The highest BCUT2D eigenvalue weighted by atomic mass is 35.5. The summed E-state index contributed by atoms with van der Waals surface area (Å²) in [5.41, 5.74) is 5.16. The summed E-state index contributed by atoms with van der Waals surface area (Å²) in [6.45, 7) is 0.718. The highest BCUT2D eigenvalue weighted by molar-refractivity contribution is 6.31. The van der Waals surface area contributed by atoms with Crippen LogP contribution >= 0.6 is 34.8 Å². The minimum Gasteiger partial charge on any atom is -0.336 e. The zero-order valence-corrected chi connectivity index (χ0v) is 22.4. The minimum absolute atomic E-state index is 0.0106. The van der Waals surface area contributed by atoms with Crippen LogP contribution in [0.4, 0.5) is 0 Å². The number of pyridine rings is 1. The normalized spacial score (nSPS) is 15.1. The molecule has 1 aliphatic carbocycles. The Hall–Kier alpha value is -3.05. The lowest BCUT2D eigenvalue weighted by Crippen LogP contribution is -2.26. The lowest BCUT2D eigenvalue weighted by molar-refractivity contribution is 0.627. The van der Waals surface area contributed by atoms with E-state index in [0.29, 0.717) is 16.0 Å². The summed E-state index contributed by atoms with van der Waals surface area (Å²) in [5.74, 6) is 0.549. The standard InChI is InChI=1S/C30H24Cl3N3O/c1-35-18-34-16-28(35)30(33,21-7-10-23(31)11-8-21)22-9-12-27-26(14-22)25(20-3-2-4-24(32)13-20)15-29(37)36(27)17-19-5-6-19/h2-4,7-16,18-19H,5-6,17H2,1H3. The molecule has 0 bridgehead atoms. The third-order valence-corrected chi connectivity index (χ3v) is 8.31. The summed E-state index contributed by atoms with van der Waals surface area (Å²) < 4.78 is 3.82. The fraction of sp³-hybridized carbons (Fsp3) is 0.200. The molecule has 1 saturated carbocycles. The van der Waals surface area contributed by atoms with Crippen molar-refractivity contribution in [3.8, 4) is 11.1 Å². The van der Waals surface area contributed by atoms with Crippen molar-refractivity contribution in [1.82, 2.24) is 14.1 Å². The van der Waals surface area contributed by atoms with Gasteiger partial charge in [-0.25, -0.2) is 4.98 Å². The third kappa shape index (κ3) is 4.37. The highest BCUT2D eigenvalue weighted by Gasteiger charge is 2.37. The average Bonchev–Trinajstić information content (AvgIpc) is 3.62. The Morgan fingerprint density at radius 1 is 0.946 bits per heavy atom. The van der Waals surface area contributed by atoms with E-state index in [1.165, 1.54) is 0 Å². The van der Waals surface area contributed by atoms with Gasteiger partial charge < -0.3 is 9.13 Å². The molecule has 0 saturated heterocycles. The first kappa shape index (κ1) is 24.3. The maximum atomic E-state index is 13.3. The smallest absolute Gasteiger partial charge is 0.251 e. The van der Waals surface area contributed by atoms with Gasteiger partial charge in [-0.1, -0.05) is 53.5 Å². The first-order chi connectivity index (χ1) is 17.8. The summed E-state index contributed by atoms with van der Waals surface area (Å²) in [7, 11) is 1.93. The first-order valence-electron chi connectivity index (χ1n) is 12.2. The number of rotatable bonds is 6. The predicted octanol–water partition coefficient (Wildman–Crippen LogP) is 7.65. The minimum atomic E-state index is -1.03. The monoisotopic (exact) mass is 547 g/mol. The molecule has 4 nitrogen and oxygen atoms in total. The molecule has 0 aliphatic heterocycles. The van der Waals surface area contributed by atoms with Gasteiger partial charge >= 0.3 is 0 Å². The molecular weight excluding hydrogens is 525 g/mol. The molecule has 1 fully saturated rings. The second-order valence-electron chi connectivity index (χ2n) is 9.75. The molecule has 6 rings (SSSR count). The molecule has 0 amide bonds. The highest BCUT2D eigenvalue weighted by Crippen LogP contribution is 2.45. The van der Waals surface area contributed by atoms with Gasteiger partial charge in [0.05, 0.1) is 23.7 Å². The lowest BCUT2D eigenvalue weighted by atomic mass is 9.86. The molecule has 37 heavy (non-hydrogen) atoms. The Kier molecular flexibility index (Phi) is 6.15. The molecule has 2 aromatic heterocycles. The Labute approximate surface area is 230 Å². The largest absolute Gasteiger partial charge is 0.336 e. The van der Waals surface area contributed by atoms with E-state index in [1.807, 2.05) is 76.8 Å². The van der Waals surface area contributed by atoms with Gasteiger partial charge in [0.2, 0.25) is 0 Å². The van der Waals surface area contributed by atoms with E-state index in [-0.39, 0.29) is 5.56 Å². The summed E-state index contributed by atoms with van der Waals surface area (Å²) in [6.07, 6.45) is 5.85. The number of aryl methyl sites for hydroxylation is 1. The fourth-order valence-electron chi connectivity index (χ4n) is 5.07. The number of imidazole rings is 1. The van der Waals surface area contributed by atoms with Gasteiger partial charge in [-0.15, -0.1) is 11.6 Å². The molecule has 2 heterocycles. The van der Waals surface area contributed by atoms with E-state index in [9.17, 15) is 4.79 Å². The molecule has 0 radical (unpaired) electrons. The van der Waals surface area contributed by atoms with E-state index in [1.54, 1.807) is 18.6 Å². The lowest BCUT2D eigenvalue weighted by Gasteiger charge is -2.29. The topological polar surface area (TPSA) is 39.8 Å². The zero-order chi connectivity index (χ0) is 25.7. The second-order valence-corrected chi connectivity index (χ2v) is 11.2. The molecule has 1 aliphatic rings. The van der Waals surface area contributed by atoms with Crippen molar-refractivity contribution in [3.05, 3.63) is 123 Å². The Bertz CT molecular complexity index is 1690. The number of fused-ring (bicyclic) bond motifs is 1. The first-order valence-corrected chi connectivity index (χ1v) is 13.3. The number of benzene rings is 3. The summed E-state index contributed by atoms with van der Waals surface area (Å²) in [6, 6.07) is 23.0. The quantitative estimate of drug-likeness (QED) is 0.204. The fourth-order valence-corrected chi connectivity index (χ4v) is 5.81. The van der Waals surface area contributed by atoms with Crippen LogP contribution in [0.25, 0.3) is 22.0 Å². The van der Waals surface area contributed by atoms with Crippen LogP contribution in [-0.2, 0) is 18.5 Å². The van der Waals surface area contributed by atoms with Crippen LogP contribution in [0.5, 0.6) is 0 Å². The average molecular weight is 549 g/mol. The second kappa shape index (κ2) is 9.36. The SMILES string of the molecule is Cn1cncc1C(Cl)(c1ccc(Cl)cc1)c1ccc2c(c1)c(-c1cccc(Cl)c1)cc(=O)n2CC1CC1. The number of nitrogens with zero attached hydrogens (tertiary/aromatic N) is 3. The number of hydrogen-bond acceptors (Lipinski definition) is 2. The van der Waals surface area contributed by atoms with Crippen molar-refractivity contribution in [2.45, 2.75) is 24.3 Å². The Morgan fingerprint density at radius 2 is 1.70 bits per heavy atom. The summed E-state index contributed by atoms with van der Waals surface area (Å²) in [4.78, 5) is 16.6. The Morgan fingerprint density at radius 3 is 2.38 bits per heavy atom. The van der Waals surface area contributed by atoms with E-state index < -0.39 is 4.87 Å². The molecule has 1 atom stereocenters. The van der Waals surface area contributed by atoms with Crippen LogP contribution < -0.4 is 5.56 Å². The van der Waals surface area contributed by atoms with Gasteiger partial charge in [-0.3, -0.25) is 4.79 Å². The molecule has 5 aromatic rings. The van der Waals surface area contributed by atoms with E-state index >= 15 is 0 Å². The van der Waals surface area contributed by atoms with Crippen molar-refractivity contribution < 1.29 is 0 Å².